The standard InChI is InChI=1S/C13H23N3O/c1-3-7-11-15-12(17-16-11)10-13(14-2)8-5-4-6-9-13/h14H,3-10H2,1-2H3. The number of rotatable bonds is 5. The smallest absolute Gasteiger partial charge is 0.228 e. The Morgan fingerprint density at radius 3 is 2.71 bits per heavy atom. The number of aryl methyl sites for hydroxylation is 1. The van der Waals surface area contributed by atoms with Gasteiger partial charge in [0, 0.05) is 18.4 Å². The lowest BCUT2D eigenvalue weighted by atomic mass is 9.79. The number of hydrogen-bond acceptors (Lipinski definition) is 4. The molecule has 1 heterocycles. The molecule has 0 atom stereocenters. The summed E-state index contributed by atoms with van der Waals surface area (Å²) >= 11 is 0. The summed E-state index contributed by atoms with van der Waals surface area (Å²) in [5.41, 5.74) is 0.189. The van der Waals surface area contributed by atoms with E-state index in [0.717, 1.165) is 31.0 Å². The Balaban J connectivity index is 2.01. The fourth-order valence-electron chi connectivity index (χ4n) is 2.72. The van der Waals surface area contributed by atoms with E-state index in [9.17, 15) is 0 Å². The van der Waals surface area contributed by atoms with Crippen LogP contribution in [0, 0.1) is 0 Å². The van der Waals surface area contributed by atoms with Crippen LogP contribution in [0.3, 0.4) is 0 Å². The first kappa shape index (κ1) is 12.6. The second-order valence-corrected chi connectivity index (χ2v) is 5.12. The molecule has 0 unspecified atom stereocenters. The molecule has 1 N–H and O–H groups in total. The Bertz CT molecular complexity index is 342. The molecule has 0 spiro atoms. The fraction of sp³-hybridized carbons (Fsp3) is 0.846. The van der Waals surface area contributed by atoms with Crippen molar-refractivity contribution in [2.45, 2.75) is 63.8 Å². The van der Waals surface area contributed by atoms with E-state index in [1.165, 1.54) is 32.1 Å². The lowest BCUT2D eigenvalue weighted by molar-refractivity contribution is 0.221. The summed E-state index contributed by atoms with van der Waals surface area (Å²) in [5.74, 6) is 1.65. The summed E-state index contributed by atoms with van der Waals surface area (Å²) in [6.07, 6.45) is 9.25. The molecule has 1 aliphatic carbocycles. The molecule has 96 valence electrons. The van der Waals surface area contributed by atoms with Crippen LogP contribution in [-0.2, 0) is 12.8 Å². The van der Waals surface area contributed by atoms with Gasteiger partial charge in [0.15, 0.2) is 5.82 Å². The normalized spacial score (nSPS) is 19.4. The van der Waals surface area contributed by atoms with E-state index in [0.29, 0.717) is 0 Å². The van der Waals surface area contributed by atoms with Crippen LogP contribution in [0.5, 0.6) is 0 Å². The Hall–Kier alpha value is -0.900. The van der Waals surface area contributed by atoms with E-state index in [4.69, 9.17) is 4.52 Å². The van der Waals surface area contributed by atoms with Gasteiger partial charge in [0.05, 0.1) is 0 Å². The average molecular weight is 237 g/mol. The molecule has 4 heteroatoms. The number of likely N-dealkylation sites (N-methyl/N-ethyl adjacent to an activating group) is 1. The van der Waals surface area contributed by atoms with Gasteiger partial charge in [0.2, 0.25) is 5.89 Å². The molecule has 1 saturated carbocycles. The molecular formula is C13H23N3O. The lowest BCUT2D eigenvalue weighted by Gasteiger charge is -2.36. The molecule has 0 aromatic carbocycles. The minimum Gasteiger partial charge on any atom is -0.339 e. The van der Waals surface area contributed by atoms with E-state index >= 15 is 0 Å². The molecule has 1 aromatic heterocycles. The van der Waals surface area contributed by atoms with Crippen LogP contribution in [0.2, 0.25) is 0 Å². The maximum Gasteiger partial charge on any atom is 0.228 e. The van der Waals surface area contributed by atoms with Crippen LogP contribution >= 0.6 is 0 Å². The second kappa shape index (κ2) is 5.63. The Morgan fingerprint density at radius 1 is 1.29 bits per heavy atom. The Labute approximate surface area is 103 Å². The van der Waals surface area contributed by atoms with E-state index in [-0.39, 0.29) is 5.54 Å². The SMILES string of the molecule is CCCc1noc(CC2(NC)CCCCC2)n1. The molecule has 17 heavy (non-hydrogen) atoms. The number of hydrogen-bond donors (Lipinski definition) is 1. The van der Waals surface area contributed by atoms with Crippen molar-refractivity contribution in [3.8, 4) is 0 Å². The van der Waals surface area contributed by atoms with Gasteiger partial charge in [-0.15, -0.1) is 0 Å². The maximum absolute atomic E-state index is 5.35. The van der Waals surface area contributed by atoms with Crippen molar-refractivity contribution in [1.29, 1.82) is 0 Å². The van der Waals surface area contributed by atoms with Crippen molar-refractivity contribution >= 4 is 0 Å². The van der Waals surface area contributed by atoms with E-state index in [2.05, 4.69) is 29.4 Å². The quantitative estimate of drug-likeness (QED) is 0.854. The Kier molecular flexibility index (Phi) is 4.15. The first-order valence-electron chi connectivity index (χ1n) is 6.78. The van der Waals surface area contributed by atoms with Crippen LogP contribution in [0.4, 0.5) is 0 Å². The van der Waals surface area contributed by atoms with Crippen LogP contribution in [-0.4, -0.2) is 22.7 Å². The average Bonchev–Trinajstić information content (AvgIpc) is 2.78. The third-order valence-corrected chi connectivity index (χ3v) is 3.81. The zero-order valence-corrected chi connectivity index (χ0v) is 11.0. The van der Waals surface area contributed by atoms with Crippen LogP contribution in [0.15, 0.2) is 4.52 Å². The molecule has 0 aliphatic heterocycles. The summed E-state index contributed by atoms with van der Waals surface area (Å²) in [5, 5.41) is 7.50. The first-order chi connectivity index (χ1) is 8.28. The molecule has 1 aliphatic rings. The van der Waals surface area contributed by atoms with Gasteiger partial charge >= 0.3 is 0 Å². The summed E-state index contributed by atoms with van der Waals surface area (Å²) < 4.78 is 5.35. The predicted octanol–water partition coefficient (Wildman–Crippen LogP) is 2.49. The highest BCUT2D eigenvalue weighted by atomic mass is 16.5. The third-order valence-electron chi connectivity index (χ3n) is 3.81. The first-order valence-corrected chi connectivity index (χ1v) is 6.78. The fourth-order valence-corrected chi connectivity index (χ4v) is 2.72. The van der Waals surface area contributed by atoms with E-state index < -0.39 is 0 Å². The number of aromatic nitrogens is 2. The minimum atomic E-state index is 0.189. The van der Waals surface area contributed by atoms with Crippen molar-refractivity contribution in [3.63, 3.8) is 0 Å². The zero-order chi connectivity index (χ0) is 12.1. The second-order valence-electron chi connectivity index (χ2n) is 5.12. The number of nitrogens with one attached hydrogen (secondary N) is 1. The van der Waals surface area contributed by atoms with Crippen molar-refractivity contribution in [2.24, 2.45) is 0 Å². The van der Waals surface area contributed by atoms with Gasteiger partial charge in [0.1, 0.15) is 0 Å². The summed E-state index contributed by atoms with van der Waals surface area (Å²) in [4.78, 5) is 4.47. The van der Waals surface area contributed by atoms with Crippen LogP contribution < -0.4 is 5.32 Å². The van der Waals surface area contributed by atoms with Crippen LogP contribution in [0.1, 0.15) is 57.2 Å². The van der Waals surface area contributed by atoms with Crippen molar-refractivity contribution < 1.29 is 4.52 Å². The molecule has 0 saturated heterocycles. The highest BCUT2D eigenvalue weighted by Crippen LogP contribution is 2.30. The van der Waals surface area contributed by atoms with Gasteiger partial charge in [-0.1, -0.05) is 31.3 Å². The molecule has 2 rings (SSSR count). The van der Waals surface area contributed by atoms with Gasteiger partial charge < -0.3 is 9.84 Å². The monoisotopic (exact) mass is 237 g/mol. The lowest BCUT2D eigenvalue weighted by Crippen LogP contribution is -2.46. The summed E-state index contributed by atoms with van der Waals surface area (Å²) in [6, 6.07) is 0. The van der Waals surface area contributed by atoms with E-state index in [1.807, 2.05) is 0 Å². The third kappa shape index (κ3) is 3.06. The van der Waals surface area contributed by atoms with Gasteiger partial charge in [-0.3, -0.25) is 0 Å². The highest BCUT2D eigenvalue weighted by Gasteiger charge is 2.32. The topological polar surface area (TPSA) is 51.0 Å². The number of nitrogens with zero attached hydrogens (tertiary/aromatic N) is 2. The summed E-state index contributed by atoms with van der Waals surface area (Å²) in [7, 11) is 2.05. The predicted molar refractivity (Wildman–Crippen MR) is 66.9 cm³/mol. The Morgan fingerprint density at radius 2 is 2.06 bits per heavy atom. The largest absolute Gasteiger partial charge is 0.339 e. The summed E-state index contributed by atoms with van der Waals surface area (Å²) in [6.45, 7) is 2.13. The maximum atomic E-state index is 5.35. The van der Waals surface area contributed by atoms with Crippen molar-refractivity contribution in [3.05, 3.63) is 11.7 Å². The van der Waals surface area contributed by atoms with Crippen molar-refractivity contribution in [1.82, 2.24) is 15.5 Å². The molecule has 0 amide bonds. The van der Waals surface area contributed by atoms with Gasteiger partial charge in [-0.05, 0) is 26.3 Å². The zero-order valence-electron chi connectivity index (χ0n) is 11.0. The van der Waals surface area contributed by atoms with Crippen LogP contribution in [0.25, 0.3) is 0 Å². The minimum absolute atomic E-state index is 0.189. The molecular weight excluding hydrogens is 214 g/mol. The van der Waals surface area contributed by atoms with E-state index in [1.54, 1.807) is 0 Å². The van der Waals surface area contributed by atoms with Gasteiger partial charge in [-0.2, -0.15) is 4.98 Å². The van der Waals surface area contributed by atoms with Gasteiger partial charge in [0.25, 0.3) is 0 Å². The van der Waals surface area contributed by atoms with Gasteiger partial charge in [-0.25, -0.2) is 0 Å². The molecule has 0 radical (unpaired) electrons. The molecule has 0 bridgehead atoms. The molecule has 1 aromatic rings. The molecule has 4 nitrogen and oxygen atoms in total. The highest BCUT2D eigenvalue weighted by molar-refractivity contribution is 4.99. The molecule has 1 fully saturated rings. The van der Waals surface area contributed by atoms with Crippen molar-refractivity contribution in [2.75, 3.05) is 7.05 Å².